The van der Waals surface area contributed by atoms with Gasteiger partial charge in [-0.1, -0.05) is 63.2 Å². The largest absolute Gasteiger partial charge is 0.558 e. The fourth-order valence-corrected chi connectivity index (χ4v) is 7.23. The van der Waals surface area contributed by atoms with E-state index in [1.54, 1.807) is 12.4 Å². The monoisotopic (exact) mass is 402 g/mol. The van der Waals surface area contributed by atoms with Crippen molar-refractivity contribution in [3.05, 3.63) is 28.0 Å². The maximum absolute atomic E-state index is 6.80. The molecular weight excluding hydrogens is 371 g/mol. The molecule has 0 bridgehead atoms. The highest BCUT2D eigenvalue weighted by Gasteiger charge is 2.25. The summed E-state index contributed by atoms with van der Waals surface area (Å²) in [4.78, 5) is 4.11. The quantitative estimate of drug-likeness (QED) is 0.486. The van der Waals surface area contributed by atoms with Gasteiger partial charge in [-0.3, -0.25) is 4.98 Å². The van der Waals surface area contributed by atoms with Crippen LogP contribution in [0.15, 0.2) is 12.4 Å². The van der Waals surface area contributed by atoms with Gasteiger partial charge in [0, 0.05) is 30.5 Å². The molecule has 1 unspecified atom stereocenters. The predicted octanol–water partition coefficient (Wildman–Crippen LogP) is 6.37. The van der Waals surface area contributed by atoms with Crippen molar-refractivity contribution in [1.82, 2.24) is 10.3 Å². The number of nitrogens with one attached hydrogen (secondary N) is 1. The smallest absolute Gasteiger partial charge is 0.0661 e. The zero-order valence-electron chi connectivity index (χ0n) is 15.8. The van der Waals surface area contributed by atoms with Crippen LogP contribution in [0.4, 0.5) is 0 Å². The molecule has 3 nitrogen and oxygen atoms in total. The van der Waals surface area contributed by atoms with Crippen LogP contribution in [0, 0.1) is 0 Å². The zero-order chi connectivity index (χ0) is 18.3. The molecule has 0 spiro atoms. The van der Waals surface area contributed by atoms with Crippen LogP contribution < -0.4 is 5.32 Å². The van der Waals surface area contributed by atoms with Gasteiger partial charge in [0.05, 0.1) is 16.1 Å². The standard InChI is InChI=1S/C19H32Cl2N2OSi/c1-4-25(5-2,6-3)24-18(14-23-15-10-8-7-9-11-15)19-16(20)12-22-13-17(19)21/h12-13,15,18,23H,4-11,14H2,1-3H3/q-1. The predicted molar refractivity (Wildman–Crippen MR) is 110 cm³/mol. The fraction of sp³-hybridized carbons (Fsp3) is 0.737. The van der Waals surface area contributed by atoms with Crippen molar-refractivity contribution < 1.29 is 4.43 Å². The van der Waals surface area contributed by atoms with Gasteiger partial charge in [-0.05, 0) is 21.2 Å². The third-order valence-corrected chi connectivity index (χ3v) is 11.0. The summed E-state index contributed by atoms with van der Waals surface area (Å²) < 4.78 is 6.80. The lowest BCUT2D eigenvalue weighted by Crippen LogP contribution is -2.42. The molecule has 0 aliphatic heterocycles. The Kier molecular flexibility index (Phi) is 8.69. The van der Waals surface area contributed by atoms with Crippen molar-refractivity contribution in [2.45, 2.75) is 83.2 Å². The SMILES string of the molecule is CC[Si-](CC)(CC)OC(CNC1CCCCC1)c1c(Cl)cncc1Cl. The van der Waals surface area contributed by atoms with E-state index in [1.165, 1.54) is 32.1 Å². The lowest BCUT2D eigenvalue weighted by molar-refractivity contribution is 0.176. The molecule has 1 fully saturated rings. The summed E-state index contributed by atoms with van der Waals surface area (Å²) in [6, 6.07) is 3.92. The molecule has 1 aliphatic rings. The Morgan fingerprint density at radius 1 is 1.08 bits per heavy atom. The molecule has 1 aromatic rings. The lowest BCUT2D eigenvalue weighted by Gasteiger charge is -2.45. The van der Waals surface area contributed by atoms with Gasteiger partial charge >= 0.3 is 0 Å². The van der Waals surface area contributed by atoms with E-state index in [9.17, 15) is 0 Å². The van der Waals surface area contributed by atoms with E-state index in [2.05, 4.69) is 31.1 Å². The summed E-state index contributed by atoms with van der Waals surface area (Å²) in [7, 11) is -1.77. The van der Waals surface area contributed by atoms with E-state index in [0.29, 0.717) is 16.1 Å². The van der Waals surface area contributed by atoms with Crippen molar-refractivity contribution >= 4 is 31.5 Å². The lowest BCUT2D eigenvalue weighted by atomic mass is 9.95. The maximum Gasteiger partial charge on any atom is 0.0661 e. The molecule has 0 amide bonds. The number of rotatable bonds is 9. The molecule has 1 heterocycles. The van der Waals surface area contributed by atoms with Crippen LogP contribution in [-0.4, -0.2) is 25.9 Å². The molecule has 1 saturated carbocycles. The average Bonchev–Trinajstić information content (AvgIpc) is 2.64. The topological polar surface area (TPSA) is 34.1 Å². The molecule has 1 aliphatic carbocycles. The van der Waals surface area contributed by atoms with Crippen LogP contribution in [-0.2, 0) is 4.43 Å². The molecule has 2 rings (SSSR count). The first-order chi connectivity index (χ1) is 12.0. The van der Waals surface area contributed by atoms with Gasteiger partial charge in [0.15, 0.2) is 0 Å². The van der Waals surface area contributed by atoms with E-state index in [0.717, 1.165) is 30.2 Å². The summed E-state index contributed by atoms with van der Waals surface area (Å²) >= 11 is 12.9. The van der Waals surface area contributed by atoms with Gasteiger partial charge in [0.2, 0.25) is 0 Å². The summed E-state index contributed by atoms with van der Waals surface area (Å²) in [6.45, 7) is 7.52. The third kappa shape index (κ3) is 5.67. The first kappa shape index (κ1) is 21.2. The van der Waals surface area contributed by atoms with Crippen molar-refractivity contribution in [1.29, 1.82) is 0 Å². The first-order valence-electron chi connectivity index (χ1n) is 9.75. The fourth-order valence-electron chi connectivity index (χ4n) is 3.81. The molecule has 143 valence electrons. The summed E-state index contributed by atoms with van der Waals surface area (Å²) in [6.07, 6.45) is 9.74. The minimum atomic E-state index is -1.77. The zero-order valence-corrected chi connectivity index (χ0v) is 18.3. The number of hydrogen-bond acceptors (Lipinski definition) is 3. The van der Waals surface area contributed by atoms with Gasteiger partial charge < -0.3 is 9.74 Å². The van der Waals surface area contributed by atoms with Crippen LogP contribution >= 0.6 is 23.2 Å². The average molecular weight is 403 g/mol. The number of nitrogens with zero attached hydrogens (tertiary/aromatic N) is 1. The maximum atomic E-state index is 6.80. The number of halogens is 2. The minimum Gasteiger partial charge on any atom is -0.558 e. The van der Waals surface area contributed by atoms with Crippen molar-refractivity contribution in [2.75, 3.05) is 6.54 Å². The third-order valence-electron chi connectivity index (χ3n) is 5.73. The Morgan fingerprint density at radius 3 is 2.16 bits per heavy atom. The van der Waals surface area contributed by atoms with E-state index < -0.39 is 8.32 Å². The van der Waals surface area contributed by atoms with Gasteiger partial charge in [-0.15, -0.1) is 18.1 Å². The normalized spacial score (nSPS) is 17.6. The highest BCUT2D eigenvalue weighted by atomic mass is 35.5. The van der Waals surface area contributed by atoms with Gasteiger partial charge in [0.1, 0.15) is 0 Å². The highest BCUT2D eigenvalue weighted by molar-refractivity contribution is 6.73. The van der Waals surface area contributed by atoms with Crippen molar-refractivity contribution in [2.24, 2.45) is 0 Å². The van der Waals surface area contributed by atoms with Gasteiger partial charge in [0.25, 0.3) is 0 Å². The summed E-state index contributed by atoms with van der Waals surface area (Å²) in [5.74, 6) is 0. The highest BCUT2D eigenvalue weighted by Crippen LogP contribution is 2.36. The Balaban J connectivity index is 2.21. The van der Waals surface area contributed by atoms with Crippen LogP contribution in [0.5, 0.6) is 0 Å². The Labute approximate surface area is 164 Å². The van der Waals surface area contributed by atoms with Crippen molar-refractivity contribution in [3.63, 3.8) is 0 Å². The minimum absolute atomic E-state index is 0.101. The van der Waals surface area contributed by atoms with E-state index in [4.69, 9.17) is 27.6 Å². The van der Waals surface area contributed by atoms with Crippen LogP contribution in [0.3, 0.4) is 0 Å². The van der Waals surface area contributed by atoms with Gasteiger partial charge in [-0.25, -0.2) is 0 Å². The molecular formula is C19H32Cl2N2OSi-. The van der Waals surface area contributed by atoms with Crippen molar-refractivity contribution in [3.8, 4) is 0 Å². The second-order valence-electron chi connectivity index (χ2n) is 7.11. The van der Waals surface area contributed by atoms with Crippen LogP contribution in [0.1, 0.15) is 64.5 Å². The van der Waals surface area contributed by atoms with Crippen LogP contribution in [0.2, 0.25) is 28.2 Å². The molecule has 0 saturated heterocycles. The van der Waals surface area contributed by atoms with E-state index in [1.807, 2.05) is 0 Å². The number of aromatic nitrogens is 1. The molecule has 1 aromatic heterocycles. The molecule has 25 heavy (non-hydrogen) atoms. The number of hydrogen-bond donors (Lipinski definition) is 1. The second kappa shape index (κ2) is 10.3. The Morgan fingerprint density at radius 2 is 1.64 bits per heavy atom. The molecule has 0 radical (unpaired) electrons. The molecule has 0 aromatic carbocycles. The molecule has 1 atom stereocenters. The summed E-state index contributed by atoms with van der Waals surface area (Å²) in [5.41, 5.74) is 0.897. The summed E-state index contributed by atoms with van der Waals surface area (Å²) in [5, 5.41) is 4.94. The second-order valence-corrected chi connectivity index (χ2v) is 12.6. The number of pyridine rings is 1. The van der Waals surface area contributed by atoms with Crippen LogP contribution in [0.25, 0.3) is 0 Å². The molecule has 1 N–H and O–H groups in total. The Bertz CT molecular complexity index is 506. The molecule has 6 heteroatoms. The van der Waals surface area contributed by atoms with E-state index >= 15 is 0 Å². The van der Waals surface area contributed by atoms with E-state index in [-0.39, 0.29) is 6.10 Å². The first-order valence-corrected chi connectivity index (χ1v) is 13.0. The Hall–Kier alpha value is -0.133. The van der Waals surface area contributed by atoms with Gasteiger partial charge in [-0.2, -0.15) is 0 Å².